The molecule has 24 heavy (non-hydrogen) atoms. The summed E-state index contributed by atoms with van der Waals surface area (Å²) in [5.41, 5.74) is 1.01. The van der Waals surface area contributed by atoms with Crippen LogP contribution in [0.4, 0.5) is 0 Å². The highest BCUT2D eigenvalue weighted by Gasteiger charge is 2.41. The molecule has 1 N–H and O–H groups in total. The molecule has 3 nitrogen and oxygen atoms in total. The van der Waals surface area contributed by atoms with Crippen molar-refractivity contribution in [1.82, 2.24) is 5.32 Å². The number of aryl methyl sites for hydroxylation is 1. The van der Waals surface area contributed by atoms with Crippen LogP contribution in [-0.4, -0.2) is 18.6 Å². The van der Waals surface area contributed by atoms with Crippen molar-refractivity contribution in [2.24, 2.45) is 17.8 Å². The first-order chi connectivity index (χ1) is 11.5. The van der Waals surface area contributed by atoms with E-state index in [1.54, 1.807) is 0 Å². The predicted octanol–water partition coefficient (Wildman–Crippen LogP) is 4.75. The molecule has 2 fully saturated rings. The van der Waals surface area contributed by atoms with Crippen molar-refractivity contribution in [2.45, 2.75) is 58.4 Å². The Balaban J connectivity index is 1.34. The van der Waals surface area contributed by atoms with E-state index in [2.05, 4.69) is 12.2 Å². The lowest BCUT2D eigenvalue weighted by atomic mass is 9.84. The molecular formula is C20H28ClNO2. The lowest BCUT2D eigenvalue weighted by Gasteiger charge is -2.28. The molecule has 132 valence electrons. The third kappa shape index (κ3) is 4.24. The molecule has 2 aliphatic rings. The van der Waals surface area contributed by atoms with E-state index in [1.807, 2.05) is 25.1 Å². The predicted molar refractivity (Wildman–Crippen MR) is 97.5 cm³/mol. The summed E-state index contributed by atoms with van der Waals surface area (Å²) < 4.78 is 5.70. The molecular weight excluding hydrogens is 322 g/mol. The summed E-state index contributed by atoms with van der Waals surface area (Å²) in [5.74, 6) is 3.44. The standard InChI is InChI=1S/C20H28ClNO2/c1-13-10-17(7-8-19(13)21)24-9-3-4-20(23)22-14(2)18-12-15-5-6-16(18)11-15/h7-8,10,14-16,18H,3-6,9,11-12H2,1-2H3,(H,22,23)/t14-,15+,16+,18-/m1/s1. The molecule has 1 aromatic carbocycles. The summed E-state index contributed by atoms with van der Waals surface area (Å²) in [6, 6.07) is 5.95. The number of nitrogens with one attached hydrogen (secondary N) is 1. The van der Waals surface area contributed by atoms with Crippen LogP contribution in [0.15, 0.2) is 18.2 Å². The van der Waals surface area contributed by atoms with Gasteiger partial charge in [-0.25, -0.2) is 0 Å². The number of fused-ring (bicyclic) bond motifs is 2. The van der Waals surface area contributed by atoms with Crippen LogP contribution in [-0.2, 0) is 4.79 Å². The SMILES string of the molecule is Cc1cc(OCCCC(=O)N[C@H](C)[C@H]2C[C@H]3CC[C@H]2C3)ccc1Cl. The van der Waals surface area contributed by atoms with Gasteiger partial charge in [0.2, 0.25) is 5.91 Å². The Hall–Kier alpha value is -1.22. The molecule has 4 heteroatoms. The highest BCUT2D eigenvalue weighted by atomic mass is 35.5. The molecule has 0 radical (unpaired) electrons. The van der Waals surface area contributed by atoms with Gasteiger partial charge in [0.25, 0.3) is 0 Å². The molecule has 3 rings (SSSR count). The van der Waals surface area contributed by atoms with Gasteiger partial charge in [-0.05, 0) is 81.0 Å². The van der Waals surface area contributed by atoms with E-state index in [4.69, 9.17) is 16.3 Å². The average Bonchev–Trinajstić information content (AvgIpc) is 3.18. The Kier molecular flexibility index (Phi) is 5.70. The average molecular weight is 350 g/mol. The van der Waals surface area contributed by atoms with Crippen LogP contribution >= 0.6 is 11.6 Å². The smallest absolute Gasteiger partial charge is 0.220 e. The maximum absolute atomic E-state index is 12.1. The van der Waals surface area contributed by atoms with Gasteiger partial charge in [0.15, 0.2) is 0 Å². The maximum Gasteiger partial charge on any atom is 0.220 e. The first-order valence-electron chi connectivity index (χ1n) is 9.21. The van der Waals surface area contributed by atoms with Crippen LogP contribution in [0.1, 0.15) is 51.0 Å². The van der Waals surface area contributed by atoms with Gasteiger partial charge in [0.1, 0.15) is 5.75 Å². The fraction of sp³-hybridized carbons (Fsp3) is 0.650. The summed E-state index contributed by atoms with van der Waals surface area (Å²) in [5, 5.41) is 3.96. The Labute approximate surface area is 150 Å². The van der Waals surface area contributed by atoms with Crippen molar-refractivity contribution in [3.05, 3.63) is 28.8 Å². The fourth-order valence-corrected chi connectivity index (χ4v) is 4.59. The van der Waals surface area contributed by atoms with Crippen LogP contribution in [0, 0.1) is 24.7 Å². The molecule has 2 aliphatic carbocycles. The largest absolute Gasteiger partial charge is 0.494 e. The van der Waals surface area contributed by atoms with Crippen molar-refractivity contribution < 1.29 is 9.53 Å². The van der Waals surface area contributed by atoms with Crippen molar-refractivity contribution in [2.75, 3.05) is 6.61 Å². The number of rotatable bonds is 7. The monoisotopic (exact) mass is 349 g/mol. The van der Waals surface area contributed by atoms with Gasteiger partial charge in [0, 0.05) is 17.5 Å². The van der Waals surface area contributed by atoms with E-state index in [9.17, 15) is 4.79 Å². The minimum absolute atomic E-state index is 0.154. The second kappa shape index (κ2) is 7.77. The fourth-order valence-electron chi connectivity index (χ4n) is 4.47. The summed E-state index contributed by atoms with van der Waals surface area (Å²) in [4.78, 5) is 12.1. The normalized spacial score (nSPS) is 26.4. The Morgan fingerprint density at radius 3 is 2.88 bits per heavy atom. The number of hydrogen-bond acceptors (Lipinski definition) is 2. The van der Waals surface area contributed by atoms with Gasteiger partial charge in [-0.15, -0.1) is 0 Å². The van der Waals surface area contributed by atoms with Crippen molar-refractivity contribution in [1.29, 1.82) is 0 Å². The number of amides is 1. The van der Waals surface area contributed by atoms with Crippen LogP contribution in [0.2, 0.25) is 5.02 Å². The first-order valence-corrected chi connectivity index (χ1v) is 9.59. The second-order valence-corrected chi connectivity index (χ2v) is 7.97. The van der Waals surface area contributed by atoms with E-state index < -0.39 is 0 Å². The van der Waals surface area contributed by atoms with Gasteiger partial charge in [0.05, 0.1) is 6.61 Å². The van der Waals surface area contributed by atoms with Gasteiger partial charge in [-0.1, -0.05) is 18.0 Å². The molecule has 2 saturated carbocycles. The minimum Gasteiger partial charge on any atom is -0.494 e. The molecule has 1 amide bonds. The lowest BCUT2D eigenvalue weighted by molar-refractivity contribution is -0.122. The maximum atomic E-state index is 12.1. The van der Waals surface area contributed by atoms with Gasteiger partial charge >= 0.3 is 0 Å². The highest BCUT2D eigenvalue weighted by Crippen LogP contribution is 2.49. The van der Waals surface area contributed by atoms with E-state index in [0.717, 1.165) is 34.6 Å². The second-order valence-electron chi connectivity index (χ2n) is 7.56. The molecule has 0 spiro atoms. The Bertz CT molecular complexity index is 589. The van der Waals surface area contributed by atoms with Crippen molar-refractivity contribution >= 4 is 17.5 Å². The van der Waals surface area contributed by atoms with Gasteiger partial charge in [-0.2, -0.15) is 0 Å². The number of carbonyl (C=O) groups is 1. The summed E-state index contributed by atoms with van der Waals surface area (Å²) in [6.07, 6.45) is 6.73. The first kappa shape index (κ1) is 17.6. The third-order valence-electron chi connectivity index (χ3n) is 5.77. The lowest BCUT2D eigenvalue weighted by Crippen LogP contribution is -2.40. The number of ether oxygens (including phenoxy) is 1. The molecule has 0 unspecified atom stereocenters. The minimum atomic E-state index is 0.154. The molecule has 4 atom stereocenters. The number of carbonyl (C=O) groups excluding carboxylic acids is 1. The summed E-state index contributed by atoms with van der Waals surface area (Å²) >= 11 is 6.00. The van der Waals surface area contributed by atoms with Crippen LogP contribution in [0.5, 0.6) is 5.75 Å². The van der Waals surface area contributed by atoms with Crippen LogP contribution < -0.4 is 10.1 Å². The van der Waals surface area contributed by atoms with Crippen LogP contribution in [0.3, 0.4) is 0 Å². The molecule has 0 heterocycles. The molecule has 2 bridgehead atoms. The van der Waals surface area contributed by atoms with E-state index >= 15 is 0 Å². The van der Waals surface area contributed by atoms with Gasteiger partial charge < -0.3 is 10.1 Å². The van der Waals surface area contributed by atoms with E-state index in [-0.39, 0.29) is 5.91 Å². The number of benzene rings is 1. The number of halogens is 1. The zero-order valence-electron chi connectivity index (χ0n) is 14.7. The van der Waals surface area contributed by atoms with E-state index in [1.165, 1.54) is 25.7 Å². The molecule has 0 aromatic heterocycles. The van der Waals surface area contributed by atoms with E-state index in [0.29, 0.717) is 25.0 Å². The zero-order chi connectivity index (χ0) is 17.1. The van der Waals surface area contributed by atoms with Crippen molar-refractivity contribution in [3.8, 4) is 5.75 Å². The van der Waals surface area contributed by atoms with Gasteiger partial charge in [-0.3, -0.25) is 4.79 Å². The Morgan fingerprint density at radius 1 is 1.38 bits per heavy atom. The number of hydrogen-bond donors (Lipinski definition) is 1. The summed E-state index contributed by atoms with van der Waals surface area (Å²) in [7, 11) is 0. The van der Waals surface area contributed by atoms with Crippen LogP contribution in [0.25, 0.3) is 0 Å². The molecule has 0 aliphatic heterocycles. The summed E-state index contributed by atoms with van der Waals surface area (Å²) in [6.45, 7) is 4.69. The topological polar surface area (TPSA) is 38.3 Å². The van der Waals surface area contributed by atoms with Crippen molar-refractivity contribution in [3.63, 3.8) is 0 Å². The highest BCUT2D eigenvalue weighted by molar-refractivity contribution is 6.31. The Morgan fingerprint density at radius 2 is 2.21 bits per heavy atom. The zero-order valence-corrected chi connectivity index (χ0v) is 15.4. The quantitative estimate of drug-likeness (QED) is 0.721. The molecule has 0 saturated heterocycles. The third-order valence-corrected chi connectivity index (χ3v) is 6.19. The molecule has 1 aromatic rings.